The smallest absolute Gasteiger partial charge is 0.227 e. The molecule has 1 aliphatic heterocycles. The Labute approximate surface area is 167 Å². The number of benzene rings is 1. The van der Waals surface area contributed by atoms with Crippen LogP contribution in [0.25, 0.3) is 10.9 Å². The van der Waals surface area contributed by atoms with E-state index in [1.165, 1.54) is 5.41 Å². The second-order valence-electron chi connectivity index (χ2n) is 6.78. The van der Waals surface area contributed by atoms with Gasteiger partial charge >= 0.3 is 0 Å². The normalized spacial score (nSPS) is 17.8. The lowest BCUT2D eigenvalue weighted by atomic mass is 10.1. The molecule has 0 saturated heterocycles. The molecule has 0 saturated carbocycles. The van der Waals surface area contributed by atoms with Gasteiger partial charge in [0.15, 0.2) is 9.84 Å². The zero-order chi connectivity index (χ0) is 19.7. The van der Waals surface area contributed by atoms with Gasteiger partial charge in [0, 0.05) is 46.5 Å². The summed E-state index contributed by atoms with van der Waals surface area (Å²) in [6.07, 6.45) is 6.86. The van der Waals surface area contributed by atoms with Gasteiger partial charge in [-0.3, -0.25) is 9.78 Å². The van der Waals surface area contributed by atoms with E-state index in [0.29, 0.717) is 11.6 Å². The summed E-state index contributed by atoms with van der Waals surface area (Å²) in [5.74, 6) is -0.229. The van der Waals surface area contributed by atoms with E-state index in [4.69, 9.17) is 11.6 Å². The summed E-state index contributed by atoms with van der Waals surface area (Å²) >= 11 is 6.02. The van der Waals surface area contributed by atoms with E-state index >= 15 is 0 Å². The topological polar surface area (TPSA) is 83.1 Å². The molecule has 1 N–H and O–H groups in total. The van der Waals surface area contributed by atoms with Gasteiger partial charge in [-0.1, -0.05) is 17.7 Å². The molecule has 144 valence electrons. The lowest BCUT2D eigenvalue weighted by Crippen LogP contribution is -2.41. The number of fused-ring (bicyclic) bond motifs is 1. The maximum Gasteiger partial charge on any atom is 0.227 e. The second kappa shape index (κ2) is 7.41. The van der Waals surface area contributed by atoms with Gasteiger partial charge in [-0.2, -0.15) is 0 Å². The molecule has 6 nitrogen and oxygen atoms in total. The van der Waals surface area contributed by atoms with E-state index in [-0.39, 0.29) is 18.1 Å². The molecule has 8 heteroatoms. The molecule has 3 heterocycles. The predicted molar refractivity (Wildman–Crippen MR) is 109 cm³/mol. The number of halogens is 1. The molecular formula is C20H18ClN3O3S. The molecule has 1 aromatic carbocycles. The largest absolute Gasteiger partial charge is 0.361 e. The maximum atomic E-state index is 13.2. The van der Waals surface area contributed by atoms with Crippen molar-refractivity contribution >= 4 is 38.2 Å². The molecule has 1 amide bonds. The Bertz CT molecular complexity index is 1160. The minimum absolute atomic E-state index is 0.0900. The number of carbonyl (C=O) groups excluding carboxylic acids is 1. The van der Waals surface area contributed by atoms with Crippen molar-refractivity contribution in [3.63, 3.8) is 0 Å². The second-order valence-corrected chi connectivity index (χ2v) is 9.15. The number of nitrogens with one attached hydrogen (secondary N) is 1. The number of aromatic amines is 1. The summed E-state index contributed by atoms with van der Waals surface area (Å²) in [4.78, 5) is 21.9. The monoisotopic (exact) mass is 415 g/mol. The van der Waals surface area contributed by atoms with Gasteiger partial charge in [0.1, 0.15) is 0 Å². The Morgan fingerprint density at radius 3 is 2.75 bits per heavy atom. The van der Waals surface area contributed by atoms with E-state index in [2.05, 4.69) is 9.97 Å². The summed E-state index contributed by atoms with van der Waals surface area (Å²) in [6.45, 7) is 0.320. The highest BCUT2D eigenvalue weighted by Crippen LogP contribution is 2.24. The van der Waals surface area contributed by atoms with E-state index in [9.17, 15) is 13.2 Å². The summed E-state index contributed by atoms with van der Waals surface area (Å²) < 4.78 is 23.8. The molecule has 28 heavy (non-hydrogen) atoms. The van der Waals surface area contributed by atoms with Gasteiger partial charge in [0.2, 0.25) is 5.91 Å². The lowest BCUT2D eigenvalue weighted by Gasteiger charge is -2.27. The first kappa shape index (κ1) is 18.7. The fraction of sp³-hybridized carbons (Fsp3) is 0.200. The van der Waals surface area contributed by atoms with Crippen LogP contribution in [0, 0.1) is 0 Å². The highest BCUT2D eigenvalue weighted by Gasteiger charge is 2.30. The average molecular weight is 416 g/mol. The van der Waals surface area contributed by atoms with Crippen molar-refractivity contribution < 1.29 is 13.2 Å². The number of nitrogens with zero attached hydrogens (tertiary/aromatic N) is 2. The van der Waals surface area contributed by atoms with E-state index in [1.54, 1.807) is 35.6 Å². The standard InChI is InChI=1S/C20H18ClN3O3S/c21-16-1-2-18-15(11-23-19(18)10-16)9-20(25)24(12-14-3-6-22-7-4-14)17-5-8-28(26,27)13-17/h1-8,10-11,17,23H,9,12-13H2. The lowest BCUT2D eigenvalue weighted by molar-refractivity contribution is -0.132. The molecule has 0 bridgehead atoms. The highest BCUT2D eigenvalue weighted by atomic mass is 35.5. The molecule has 1 atom stereocenters. The molecule has 3 aromatic rings. The van der Waals surface area contributed by atoms with Crippen LogP contribution in [0.3, 0.4) is 0 Å². The Morgan fingerprint density at radius 2 is 2.04 bits per heavy atom. The number of rotatable bonds is 5. The van der Waals surface area contributed by atoms with Gasteiger partial charge in [0.05, 0.1) is 18.2 Å². The van der Waals surface area contributed by atoms with Crippen molar-refractivity contribution in [2.24, 2.45) is 0 Å². The van der Waals surface area contributed by atoms with Crippen molar-refractivity contribution in [3.8, 4) is 0 Å². The van der Waals surface area contributed by atoms with Crippen molar-refractivity contribution in [2.45, 2.75) is 19.0 Å². The molecule has 0 aliphatic carbocycles. The number of carbonyl (C=O) groups is 1. The van der Waals surface area contributed by atoms with Crippen LogP contribution in [-0.4, -0.2) is 41.0 Å². The first-order valence-electron chi connectivity index (χ1n) is 8.76. The molecule has 4 rings (SSSR count). The Hall–Kier alpha value is -2.64. The minimum atomic E-state index is -3.28. The number of sulfone groups is 1. The molecule has 2 aromatic heterocycles. The molecule has 0 radical (unpaired) electrons. The number of hydrogen-bond donors (Lipinski definition) is 1. The van der Waals surface area contributed by atoms with Gasteiger partial charge in [0.25, 0.3) is 0 Å². The summed E-state index contributed by atoms with van der Waals surface area (Å²) in [5, 5.41) is 2.74. The maximum absolute atomic E-state index is 13.2. The zero-order valence-corrected chi connectivity index (χ0v) is 16.4. The Morgan fingerprint density at radius 1 is 1.25 bits per heavy atom. The number of hydrogen-bond acceptors (Lipinski definition) is 4. The Kier molecular flexibility index (Phi) is 4.95. The first-order chi connectivity index (χ1) is 13.4. The predicted octanol–water partition coefficient (Wildman–Crippen LogP) is 3.10. The van der Waals surface area contributed by atoms with Crippen LogP contribution in [0.15, 0.2) is 60.4 Å². The molecule has 1 aliphatic rings. The average Bonchev–Trinajstić information content (AvgIpc) is 3.23. The fourth-order valence-electron chi connectivity index (χ4n) is 3.40. The third-order valence-corrected chi connectivity index (χ3v) is 6.42. The molecular weight excluding hydrogens is 398 g/mol. The number of pyridine rings is 1. The third-order valence-electron chi connectivity index (χ3n) is 4.81. The van der Waals surface area contributed by atoms with Crippen molar-refractivity contribution in [2.75, 3.05) is 5.75 Å². The Balaban J connectivity index is 1.61. The molecule has 1 unspecified atom stereocenters. The van der Waals surface area contributed by atoms with Crippen LogP contribution in [0.4, 0.5) is 0 Å². The van der Waals surface area contributed by atoms with E-state index in [1.807, 2.05) is 24.3 Å². The quantitative estimate of drug-likeness (QED) is 0.694. The number of amides is 1. The van der Waals surface area contributed by atoms with E-state index in [0.717, 1.165) is 22.0 Å². The van der Waals surface area contributed by atoms with Gasteiger partial charge in [-0.05, 0) is 41.5 Å². The van der Waals surface area contributed by atoms with Gasteiger partial charge < -0.3 is 9.88 Å². The highest BCUT2D eigenvalue weighted by molar-refractivity contribution is 7.94. The van der Waals surface area contributed by atoms with Gasteiger partial charge in [-0.15, -0.1) is 0 Å². The van der Waals surface area contributed by atoms with Crippen molar-refractivity contribution in [1.82, 2.24) is 14.9 Å². The van der Waals surface area contributed by atoms with Crippen LogP contribution >= 0.6 is 11.6 Å². The van der Waals surface area contributed by atoms with Crippen LogP contribution < -0.4 is 0 Å². The molecule has 0 spiro atoms. The fourth-order valence-corrected chi connectivity index (χ4v) is 4.87. The van der Waals surface area contributed by atoms with Crippen LogP contribution in [0.2, 0.25) is 5.02 Å². The van der Waals surface area contributed by atoms with Gasteiger partial charge in [-0.25, -0.2) is 8.42 Å². The summed E-state index contributed by atoms with van der Waals surface area (Å²) in [5.41, 5.74) is 2.60. The minimum Gasteiger partial charge on any atom is -0.361 e. The first-order valence-corrected chi connectivity index (χ1v) is 10.9. The van der Waals surface area contributed by atoms with Crippen LogP contribution in [-0.2, 0) is 27.6 Å². The SMILES string of the molecule is O=C(Cc1c[nH]c2cc(Cl)ccc12)N(Cc1ccncc1)C1C=CS(=O)(=O)C1. The van der Waals surface area contributed by atoms with E-state index < -0.39 is 15.9 Å². The molecule has 0 fully saturated rings. The number of H-pyrrole nitrogens is 1. The van der Waals surface area contributed by atoms with Crippen molar-refractivity contribution in [3.05, 3.63) is 76.6 Å². The summed E-state index contributed by atoms with van der Waals surface area (Å²) in [6, 6.07) is 8.63. The summed E-state index contributed by atoms with van der Waals surface area (Å²) in [7, 11) is -3.28. The van der Waals surface area contributed by atoms with Crippen LogP contribution in [0.5, 0.6) is 0 Å². The van der Waals surface area contributed by atoms with Crippen LogP contribution in [0.1, 0.15) is 11.1 Å². The zero-order valence-electron chi connectivity index (χ0n) is 14.9. The number of aromatic nitrogens is 2. The van der Waals surface area contributed by atoms with Crippen molar-refractivity contribution in [1.29, 1.82) is 0 Å². The third kappa shape index (κ3) is 3.95.